The van der Waals surface area contributed by atoms with Crippen LogP contribution in [-0.2, 0) is 11.2 Å². The molecule has 0 aliphatic heterocycles. The lowest BCUT2D eigenvalue weighted by Gasteiger charge is -2.15. The number of hydrogen-bond donors (Lipinski definition) is 4. The zero-order valence-corrected chi connectivity index (χ0v) is 18.8. The lowest BCUT2D eigenvalue weighted by atomic mass is 10.1. The standard InChI is InChI=1S/C23H28N4O6/c1-31-18-10-14(11-19(32-2)21(18)33-3)8-9-20(29)24-12-15(28)13-25-22-16-6-4-5-7-17(16)23(30)27-26-22/h4-7,10-11,15,28H,8-9,12-13H2,1-3H3,(H,24,29)(H,25,26)(H,27,30). The lowest BCUT2D eigenvalue weighted by Crippen LogP contribution is -2.36. The second-order valence-electron chi connectivity index (χ2n) is 7.32. The summed E-state index contributed by atoms with van der Waals surface area (Å²) in [4.78, 5) is 24.1. The number of carbonyl (C=O) groups excluding carboxylic acids is 1. The molecule has 0 saturated carbocycles. The van der Waals surface area contributed by atoms with E-state index in [-0.39, 0.29) is 31.0 Å². The van der Waals surface area contributed by atoms with Crippen LogP contribution in [0.5, 0.6) is 17.2 Å². The first kappa shape index (κ1) is 23.9. The molecule has 0 spiro atoms. The SMILES string of the molecule is COc1cc(CCC(=O)NCC(O)CNc2n[nH]c(=O)c3ccccc23)cc(OC)c1OC. The maximum atomic E-state index is 12.3. The normalized spacial score (nSPS) is 11.6. The number of rotatable bonds is 11. The van der Waals surface area contributed by atoms with Gasteiger partial charge in [0.05, 0.1) is 32.8 Å². The van der Waals surface area contributed by atoms with E-state index in [0.717, 1.165) is 5.56 Å². The number of aliphatic hydroxyl groups is 1. The number of aromatic nitrogens is 2. The van der Waals surface area contributed by atoms with E-state index in [9.17, 15) is 14.7 Å². The molecule has 3 rings (SSSR count). The Hall–Kier alpha value is -3.79. The van der Waals surface area contributed by atoms with Crippen molar-refractivity contribution in [3.8, 4) is 17.2 Å². The monoisotopic (exact) mass is 456 g/mol. The van der Waals surface area contributed by atoms with Crippen molar-refractivity contribution in [3.05, 3.63) is 52.3 Å². The minimum Gasteiger partial charge on any atom is -0.493 e. The molecule has 176 valence electrons. The molecule has 0 saturated heterocycles. The van der Waals surface area contributed by atoms with Gasteiger partial charge in [-0.05, 0) is 30.2 Å². The minimum absolute atomic E-state index is 0.0718. The highest BCUT2D eigenvalue weighted by molar-refractivity contribution is 5.90. The zero-order chi connectivity index (χ0) is 23.8. The Morgan fingerprint density at radius 1 is 1.06 bits per heavy atom. The van der Waals surface area contributed by atoms with Crippen molar-refractivity contribution in [2.24, 2.45) is 0 Å². The number of benzene rings is 2. The second kappa shape index (κ2) is 11.2. The Balaban J connectivity index is 1.49. The van der Waals surface area contributed by atoms with Gasteiger partial charge >= 0.3 is 0 Å². The summed E-state index contributed by atoms with van der Waals surface area (Å²) in [6, 6.07) is 10.6. The fourth-order valence-electron chi connectivity index (χ4n) is 3.39. The second-order valence-corrected chi connectivity index (χ2v) is 7.32. The van der Waals surface area contributed by atoms with Gasteiger partial charge in [0.2, 0.25) is 11.7 Å². The molecule has 1 unspecified atom stereocenters. The predicted octanol–water partition coefficient (Wildman–Crippen LogP) is 1.47. The topological polar surface area (TPSA) is 135 Å². The first-order chi connectivity index (χ1) is 16.0. The van der Waals surface area contributed by atoms with Crippen LogP contribution in [0.3, 0.4) is 0 Å². The molecule has 10 heteroatoms. The number of nitrogens with one attached hydrogen (secondary N) is 3. The Kier molecular flexibility index (Phi) is 8.09. The third-order valence-electron chi connectivity index (χ3n) is 5.10. The summed E-state index contributed by atoms with van der Waals surface area (Å²) in [7, 11) is 4.60. The van der Waals surface area contributed by atoms with Gasteiger partial charge < -0.3 is 30.0 Å². The van der Waals surface area contributed by atoms with Gasteiger partial charge in [0.1, 0.15) is 0 Å². The highest BCUT2D eigenvalue weighted by atomic mass is 16.5. The Morgan fingerprint density at radius 2 is 1.73 bits per heavy atom. The summed E-state index contributed by atoms with van der Waals surface area (Å²) < 4.78 is 16.0. The van der Waals surface area contributed by atoms with E-state index >= 15 is 0 Å². The van der Waals surface area contributed by atoms with Crippen LogP contribution >= 0.6 is 0 Å². The zero-order valence-electron chi connectivity index (χ0n) is 18.8. The molecular weight excluding hydrogens is 428 g/mol. The third kappa shape index (κ3) is 5.92. The van der Waals surface area contributed by atoms with Gasteiger partial charge in [-0.15, -0.1) is 0 Å². The number of aryl methyl sites for hydroxylation is 1. The third-order valence-corrected chi connectivity index (χ3v) is 5.10. The molecule has 1 aromatic heterocycles. The highest BCUT2D eigenvalue weighted by Crippen LogP contribution is 2.38. The molecular formula is C23H28N4O6. The van der Waals surface area contributed by atoms with Gasteiger partial charge in [0, 0.05) is 24.9 Å². The predicted molar refractivity (Wildman–Crippen MR) is 124 cm³/mol. The molecule has 0 aliphatic carbocycles. The number of anilines is 1. The molecule has 1 atom stereocenters. The Labute approximate surface area is 190 Å². The van der Waals surface area contributed by atoms with Crippen LogP contribution in [0, 0.1) is 0 Å². The molecule has 1 heterocycles. The summed E-state index contributed by atoms with van der Waals surface area (Å²) in [6.45, 7) is 0.221. The molecule has 33 heavy (non-hydrogen) atoms. The smallest absolute Gasteiger partial charge is 0.272 e. The molecule has 3 aromatic rings. The van der Waals surface area contributed by atoms with Crippen molar-refractivity contribution in [1.82, 2.24) is 15.5 Å². The quantitative estimate of drug-likeness (QED) is 0.341. The summed E-state index contributed by atoms with van der Waals surface area (Å²) in [5, 5.41) is 23.6. The van der Waals surface area contributed by atoms with Crippen LogP contribution in [0.15, 0.2) is 41.2 Å². The first-order valence-electron chi connectivity index (χ1n) is 10.4. The van der Waals surface area contributed by atoms with Gasteiger partial charge in [-0.2, -0.15) is 5.10 Å². The van der Waals surface area contributed by atoms with Crippen molar-refractivity contribution >= 4 is 22.5 Å². The van der Waals surface area contributed by atoms with Crippen LogP contribution in [0.1, 0.15) is 12.0 Å². The number of methoxy groups -OCH3 is 3. The largest absolute Gasteiger partial charge is 0.493 e. The van der Waals surface area contributed by atoms with E-state index in [2.05, 4.69) is 20.8 Å². The number of fused-ring (bicyclic) bond motifs is 1. The van der Waals surface area contributed by atoms with Crippen LogP contribution in [0.25, 0.3) is 10.8 Å². The van der Waals surface area contributed by atoms with Gasteiger partial charge in [-0.25, -0.2) is 5.10 Å². The number of hydrogen-bond acceptors (Lipinski definition) is 8. The van der Waals surface area contributed by atoms with Crippen LogP contribution in [0.4, 0.5) is 5.82 Å². The van der Waals surface area contributed by atoms with Crippen molar-refractivity contribution in [1.29, 1.82) is 0 Å². The van der Waals surface area contributed by atoms with E-state index in [1.807, 2.05) is 0 Å². The molecule has 4 N–H and O–H groups in total. The summed E-state index contributed by atoms with van der Waals surface area (Å²) in [5.74, 6) is 1.80. The molecule has 1 amide bonds. The number of nitrogens with zero attached hydrogens (tertiary/aromatic N) is 1. The molecule has 0 bridgehead atoms. The number of carbonyl (C=O) groups is 1. The van der Waals surface area contributed by atoms with Gasteiger partial charge in [0.25, 0.3) is 5.56 Å². The average Bonchev–Trinajstić information content (AvgIpc) is 2.85. The fraction of sp³-hybridized carbons (Fsp3) is 0.348. The highest BCUT2D eigenvalue weighted by Gasteiger charge is 2.14. The first-order valence-corrected chi connectivity index (χ1v) is 10.4. The van der Waals surface area contributed by atoms with Crippen molar-refractivity contribution in [2.45, 2.75) is 18.9 Å². The van der Waals surface area contributed by atoms with Crippen molar-refractivity contribution in [3.63, 3.8) is 0 Å². The molecule has 0 radical (unpaired) electrons. The van der Waals surface area contributed by atoms with E-state index in [1.54, 1.807) is 36.4 Å². The van der Waals surface area contributed by atoms with E-state index in [1.165, 1.54) is 21.3 Å². The number of aliphatic hydroxyl groups excluding tert-OH is 1. The number of ether oxygens (including phenoxy) is 3. The van der Waals surface area contributed by atoms with Crippen LogP contribution in [0.2, 0.25) is 0 Å². The number of amides is 1. The molecule has 10 nitrogen and oxygen atoms in total. The fourth-order valence-corrected chi connectivity index (χ4v) is 3.39. The Morgan fingerprint density at radius 3 is 2.36 bits per heavy atom. The maximum absolute atomic E-state index is 12.3. The van der Waals surface area contributed by atoms with E-state index < -0.39 is 6.10 Å². The average molecular weight is 456 g/mol. The van der Waals surface area contributed by atoms with E-state index in [0.29, 0.717) is 40.3 Å². The lowest BCUT2D eigenvalue weighted by molar-refractivity contribution is -0.121. The number of H-pyrrole nitrogens is 1. The summed E-state index contributed by atoms with van der Waals surface area (Å²) in [5.41, 5.74) is 0.578. The van der Waals surface area contributed by atoms with Gasteiger partial charge in [-0.3, -0.25) is 9.59 Å². The molecule has 0 aliphatic rings. The van der Waals surface area contributed by atoms with Gasteiger partial charge in [0.15, 0.2) is 17.3 Å². The van der Waals surface area contributed by atoms with Crippen molar-refractivity contribution < 1.29 is 24.1 Å². The van der Waals surface area contributed by atoms with Crippen LogP contribution in [-0.4, -0.2) is 61.7 Å². The van der Waals surface area contributed by atoms with Crippen LogP contribution < -0.4 is 30.4 Å². The Bertz CT molecular complexity index is 1140. The van der Waals surface area contributed by atoms with Crippen molar-refractivity contribution in [2.75, 3.05) is 39.7 Å². The molecule has 2 aromatic carbocycles. The maximum Gasteiger partial charge on any atom is 0.272 e. The summed E-state index contributed by atoms with van der Waals surface area (Å²) in [6.07, 6.45) is -0.155. The summed E-state index contributed by atoms with van der Waals surface area (Å²) >= 11 is 0. The van der Waals surface area contributed by atoms with E-state index in [4.69, 9.17) is 14.2 Å². The van der Waals surface area contributed by atoms with Gasteiger partial charge in [-0.1, -0.05) is 18.2 Å². The number of aromatic amines is 1. The minimum atomic E-state index is -0.845. The molecule has 0 fully saturated rings.